The van der Waals surface area contributed by atoms with E-state index in [1.54, 1.807) is 30.1 Å². The first-order valence-electron chi connectivity index (χ1n) is 47.9. The molecule has 6 atom stereocenters. The van der Waals surface area contributed by atoms with Gasteiger partial charge in [0.05, 0.1) is 57.8 Å². The molecule has 0 saturated heterocycles. The molecule has 1 aliphatic heterocycles. The van der Waals surface area contributed by atoms with Crippen molar-refractivity contribution in [2.45, 2.75) is 374 Å². The highest BCUT2D eigenvalue weighted by Gasteiger charge is 2.50. The second kappa shape index (κ2) is 43.5. The molecule has 0 spiro atoms. The molecular weight excluding hydrogens is 1610 g/mol. The molecule has 6 unspecified atom stereocenters. The molecular formula is C103H151F4N19O2. The van der Waals surface area contributed by atoms with Gasteiger partial charge in [-0.05, 0) is 245 Å². The fourth-order valence-corrected chi connectivity index (χ4v) is 19.5. The number of rotatable bonds is 13. The zero-order chi connectivity index (χ0) is 92.4. The maximum absolute atomic E-state index is 15.7. The number of amides is 1. The van der Waals surface area contributed by atoms with E-state index in [4.69, 9.17) is 0 Å². The van der Waals surface area contributed by atoms with Gasteiger partial charge in [0.25, 0.3) is 5.92 Å². The van der Waals surface area contributed by atoms with Crippen LogP contribution in [-0.2, 0) is 65.5 Å². The van der Waals surface area contributed by atoms with E-state index in [-0.39, 0.29) is 79.2 Å². The molecule has 698 valence electrons. The van der Waals surface area contributed by atoms with Crippen LogP contribution in [0.25, 0.3) is 45.0 Å². The molecule has 6 aliphatic rings. The van der Waals surface area contributed by atoms with Crippen LogP contribution < -0.4 is 4.90 Å². The minimum atomic E-state index is -2.84. The number of hydrogen-bond donors (Lipinski definition) is 0. The number of ketones is 1. The monoisotopic (exact) mass is 1760 g/mol. The highest BCUT2D eigenvalue weighted by Crippen LogP contribution is 2.50. The number of hydrogen-bond acceptors (Lipinski definition) is 14. The van der Waals surface area contributed by atoms with Gasteiger partial charge >= 0.3 is 0 Å². The number of aromatic nitrogens is 18. The zero-order valence-corrected chi connectivity index (χ0v) is 80.9. The maximum Gasteiger partial charge on any atom is 0.294 e. The highest BCUT2D eigenvalue weighted by molar-refractivity contribution is 6.01. The van der Waals surface area contributed by atoms with E-state index < -0.39 is 23.2 Å². The number of carbonyl (C=O) groups excluding carboxylic acids is 2. The number of para-hydroxylation sites is 1. The van der Waals surface area contributed by atoms with Crippen LogP contribution in [-0.4, -0.2) is 102 Å². The highest BCUT2D eigenvalue weighted by atomic mass is 19.3. The van der Waals surface area contributed by atoms with Crippen LogP contribution >= 0.6 is 0 Å². The third-order valence-corrected chi connectivity index (χ3v) is 26.6. The summed E-state index contributed by atoms with van der Waals surface area (Å²) in [5.74, 6) is -0.568. The molecule has 5 aliphatic carbocycles. The molecule has 128 heavy (non-hydrogen) atoms. The fraction of sp³-hybridized carbons (Fsp3) is 0.631. The average Bonchev–Trinajstić information content (AvgIpc) is 1.53. The number of carbonyl (C=O) groups is 2. The van der Waals surface area contributed by atoms with Gasteiger partial charge < -0.3 is 4.90 Å². The summed E-state index contributed by atoms with van der Waals surface area (Å²) < 4.78 is 71.5. The largest absolute Gasteiger partial charge is 0.307 e. The number of alkyl halides is 4. The number of nitrogens with zero attached hydrogens (tertiary/aromatic N) is 19. The summed E-state index contributed by atoms with van der Waals surface area (Å²) >= 11 is 0. The Morgan fingerprint density at radius 3 is 1.36 bits per heavy atom. The van der Waals surface area contributed by atoms with Crippen molar-refractivity contribution >= 4 is 17.4 Å². The lowest BCUT2D eigenvalue weighted by molar-refractivity contribution is -0.135. The SMILES string of the molecule is C.CC(C)C(=O)C1(F)CCCCCc2nnn(C(C)C)c21.CC(C)C(=O)N1Cc2ccccc2-c2nnn(C(C)C)c2-c2ccccc21.CC(C)C1CCCCCc2nnn(C(C)C)c21.CC(C)C1CCCCc2nnn(C(C)C)c2C1(F)F.CC(C)C1CCc2nnn(C(C)C)c2C(C)(F)CC1.CC(C)C1Cc2ccccc2-c2nnn(C(C)C)c2-c2ccccc21. The number of Topliss-reactive ketones (excluding diaryl/α,β-unsaturated/α-hetero) is 1. The normalized spacial score (nSPS) is 20.1. The van der Waals surface area contributed by atoms with E-state index in [2.05, 4.69) is 221 Å². The second-order valence-electron chi connectivity index (χ2n) is 40.3. The molecule has 16 rings (SSSR count). The predicted molar refractivity (Wildman–Crippen MR) is 507 cm³/mol. The van der Waals surface area contributed by atoms with Crippen LogP contribution in [0.5, 0.6) is 0 Å². The van der Waals surface area contributed by atoms with E-state index in [1.807, 2.05) is 109 Å². The van der Waals surface area contributed by atoms with Crippen molar-refractivity contribution in [1.29, 1.82) is 0 Å². The lowest BCUT2D eigenvalue weighted by Crippen LogP contribution is -2.38. The van der Waals surface area contributed by atoms with Crippen LogP contribution in [0.15, 0.2) is 97.1 Å². The van der Waals surface area contributed by atoms with Crippen molar-refractivity contribution in [3.8, 4) is 45.0 Å². The molecule has 0 saturated carbocycles. The number of anilines is 1. The first-order chi connectivity index (χ1) is 60.2. The van der Waals surface area contributed by atoms with Crippen molar-refractivity contribution in [2.75, 3.05) is 4.90 Å². The fourth-order valence-electron chi connectivity index (χ4n) is 19.5. The molecule has 0 radical (unpaired) electrons. The Morgan fingerprint density at radius 1 is 0.383 bits per heavy atom. The number of benzene rings is 4. The van der Waals surface area contributed by atoms with Gasteiger partial charge in [-0.15, -0.1) is 30.6 Å². The van der Waals surface area contributed by atoms with Gasteiger partial charge in [-0.25, -0.2) is 36.9 Å². The molecule has 0 fully saturated rings. The Bertz CT molecular complexity index is 5260. The van der Waals surface area contributed by atoms with Crippen molar-refractivity contribution in [3.63, 3.8) is 0 Å². The number of halogens is 4. The summed E-state index contributed by atoms with van der Waals surface area (Å²) in [7, 11) is 0. The molecule has 25 heteroatoms. The molecule has 0 N–H and O–H groups in total. The van der Waals surface area contributed by atoms with Gasteiger partial charge in [-0.1, -0.05) is 238 Å². The lowest BCUT2D eigenvalue weighted by Gasteiger charge is -2.32. The van der Waals surface area contributed by atoms with Crippen LogP contribution in [0.3, 0.4) is 0 Å². The molecule has 7 heterocycles. The standard InChI is InChI=1S/C22H24N4O.C22H25N3.C15H24FN3O.C15H26FN3.C14H23F2N3.C14H25N3.CH4/c1-14(2)22(27)25-13-16-9-5-6-10-17(16)20-21(26(15(3)4)24-23-20)18-11-7-8-12-19(18)25;1-14(2)20-13-16-9-5-6-10-17(16)21-22(25(15(3)4)24-23-21)19-12-8-7-11-18(19)20;1-10(2)14(20)15(16)9-7-5-6-8-12-13(15)19(11(3)4)18-17-12;1-10(2)12-6-7-13-14(15(5,16)9-8-12)19(11(3)4)18-17-13;1-9(2)11-7-5-6-8-12-13(14(11,15)16)19(10(3)4)18-17-12;1-10(2)12-8-6-5-7-9-13-14(12)17(11(3)4)16-15-13;/h5-12,14-15H,13H2,1-4H3;5-12,14-15,20H,13H2,1-4H3;10-11H,5-9H2,1-4H3;10-12H,6-9H2,1-5H3;9-11H,5-8H2,1-4H3;10-12H,5-9H2,1-4H3;1H4. The van der Waals surface area contributed by atoms with Gasteiger partial charge in [0.15, 0.2) is 11.5 Å². The summed E-state index contributed by atoms with van der Waals surface area (Å²) in [4.78, 5) is 27.5. The lowest BCUT2D eigenvalue weighted by atomic mass is 9.77. The molecule has 0 bridgehead atoms. The third kappa shape index (κ3) is 22.1. The molecule has 10 aromatic rings. The van der Waals surface area contributed by atoms with Crippen molar-refractivity contribution in [3.05, 3.63) is 159 Å². The Balaban J connectivity index is 0.000000161. The molecule has 4 aromatic carbocycles. The smallest absolute Gasteiger partial charge is 0.294 e. The van der Waals surface area contributed by atoms with Crippen LogP contribution in [0, 0.1) is 47.3 Å². The first-order valence-corrected chi connectivity index (χ1v) is 47.9. The van der Waals surface area contributed by atoms with Crippen LogP contribution in [0.1, 0.15) is 381 Å². The van der Waals surface area contributed by atoms with Gasteiger partial charge in [-0.2, -0.15) is 8.78 Å². The number of fused-ring (bicyclic) bond motifs is 14. The predicted octanol–water partition coefficient (Wildman–Crippen LogP) is 25.9. The van der Waals surface area contributed by atoms with E-state index in [1.165, 1.54) is 64.0 Å². The zero-order valence-electron chi connectivity index (χ0n) is 80.9. The van der Waals surface area contributed by atoms with E-state index in [0.717, 1.165) is 115 Å². The van der Waals surface area contributed by atoms with Crippen molar-refractivity contribution in [1.82, 2.24) is 90.0 Å². The second-order valence-corrected chi connectivity index (χ2v) is 40.3. The first kappa shape index (κ1) is 101. The minimum Gasteiger partial charge on any atom is -0.307 e. The molecule has 1 amide bonds. The quantitative estimate of drug-likeness (QED) is 0.0980. The summed E-state index contributed by atoms with van der Waals surface area (Å²) in [5.41, 5.74) is 16.0. The summed E-state index contributed by atoms with van der Waals surface area (Å²) in [5, 5.41) is 51.5. The van der Waals surface area contributed by atoms with Gasteiger partial charge in [0.1, 0.15) is 22.8 Å². The summed E-state index contributed by atoms with van der Waals surface area (Å²) in [6.07, 6.45) is 17.4. The van der Waals surface area contributed by atoms with Crippen LogP contribution in [0.4, 0.5) is 23.2 Å². The van der Waals surface area contributed by atoms with Gasteiger partial charge in [0, 0.05) is 82.2 Å². The third-order valence-electron chi connectivity index (χ3n) is 26.6. The van der Waals surface area contributed by atoms with E-state index in [9.17, 15) is 18.4 Å². The van der Waals surface area contributed by atoms with Crippen molar-refractivity contribution < 1.29 is 27.2 Å². The number of aryl methyl sites for hydroxylation is 4. The Morgan fingerprint density at radius 2 is 0.820 bits per heavy atom. The van der Waals surface area contributed by atoms with Crippen LogP contribution in [0.2, 0.25) is 0 Å². The van der Waals surface area contributed by atoms with E-state index >= 15 is 8.78 Å². The van der Waals surface area contributed by atoms with E-state index in [0.29, 0.717) is 96.6 Å². The van der Waals surface area contributed by atoms with Gasteiger partial charge in [-0.3, -0.25) is 9.59 Å². The Kier molecular flexibility index (Phi) is 34.3. The molecule has 21 nitrogen and oxygen atoms in total. The van der Waals surface area contributed by atoms with Crippen molar-refractivity contribution in [2.24, 2.45) is 47.3 Å². The minimum absolute atomic E-state index is 0. The maximum atomic E-state index is 15.7. The summed E-state index contributed by atoms with van der Waals surface area (Å²) in [6.45, 7) is 51.7. The Hall–Kier alpha value is -9.42. The topological polar surface area (TPSA) is 222 Å². The molecule has 6 aromatic heterocycles. The average molecular weight is 1760 g/mol. The van der Waals surface area contributed by atoms with Gasteiger partial charge in [0.2, 0.25) is 11.6 Å². The summed E-state index contributed by atoms with van der Waals surface area (Å²) in [6, 6.07) is 34.7. The Labute approximate surface area is 761 Å².